The first-order chi connectivity index (χ1) is 30.0. The number of rotatable bonds is 43. The van der Waals surface area contributed by atoms with Crippen molar-refractivity contribution in [3.05, 3.63) is 97.2 Å². The van der Waals surface area contributed by atoms with Crippen LogP contribution in [0.2, 0.25) is 0 Å². The smallest absolute Gasteiger partial charge is 0.306 e. The Morgan fingerprint density at radius 3 is 1.20 bits per heavy atom. The molecule has 0 aromatic carbocycles. The summed E-state index contributed by atoms with van der Waals surface area (Å²) in [5.41, 5.74) is 0. The van der Waals surface area contributed by atoms with E-state index in [2.05, 4.69) is 106 Å². The van der Waals surface area contributed by atoms with E-state index in [4.69, 9.17) is 14.2 Å². The molecule has 346 valence electrons. The van der Waals surface area contributed by atoms with E-state index >= 15 is 0 Å². The highest BCUT2D eigenvalue weighted by Gasteiger charge is 2.19. The van der Waals surface area contributed by atoms with Crippen LogP contribution in [-0.4, -0.2) is 37.2 Å². The first-order valence-electron chi connectivity index (χ1n) is 24.8. The molecule has 0 radical (unpaired) electrons. The standard InChI is InChI=1S/C55H90O6/c1-4-7-10-13-16-19-21-23-25-26-27-28-30-31-33-36-39-42-45-48-54(57)60-51-52(50-59-53(56)47-44-41-38-35-18-15-12-9-6-3)61-55(58)49-46-43-40-37-34-32-29-24-22-20-17-14-11-8-5-2/h7,10,16-17,19-20,22-25,27-28,31,33,39,42,52H,4-6,8-9,11-15,18,21,26,29-30,32,34-38,40-41,43-51H2,1-3H3/b10-7-,19-16-,20-17-,24-22-,25-23-,28-27-,33-31-,42-39-. The normalized spacial score (nSPS) is 12.9. The Hall–Kier alpha value is -3.67. The lowest BCUT2D eigenvalue weighted by atomic mass is 10.1. The van der Waals surface area contributed by atoms with Gasteiger partial charge in [-0.05, 0) is 83.5 Å². The molecule has 6 heteroatoms. The average molecular weight is 847 g/mol. The maximum Gasteiger partial charge on any atom is 0.306 e. The van der Waals surface area contributed by atoms with Gasteiger partial charge >= 0.3 is 17.9 Å². The van der Waals surface area contributed by atoms with Crippen LogP contribution in [-0.2, 0) is 28.6 Å². The van der Waals surface area contributed by atoms with Gasteiger partial charge < -0.3 is 14.2 Å². The molecule has 0 N–H and O–H groups in total. The predicted octanol–water partition coefficient (Wildman–Crippen LogP) is 16.2. The van der Waals surface area contributed by atoms with Crippen molar-refractivity contribution in [1.82, 2.24) is 0 Å². The summed E-state index contributed by atoms with van der Waals surface area (Å²) in [5.74, 6) is -1.01. The number of allylic oxidation sites excluding steroid dienone is 16. The minimum absolute atomic E-state index is 0.106. The molecule has 1 atom stereocenters. The SMILES string of the molecule is CC/C=C\C/C=C\C/C=C\C/C=C\C/C=C\C/C=C\CCC(=O)OCC(COC(=O)CCCCCCCCCCC)OC(=O)CCCCCCCC/C=C\C=C/CCCCC. The first-order valence-corrected chi connectivity index (χ1v) is 24.8. The number of unbranched alkanes of at least 4 members (excludes halogenated alkanes) is 17. The number of carbonyl (C=O) groups is 3. The highest BCUT2D eigenvalue weighted by Crippen LogP contribution is 2.13. The number of esters is 3. The van der Waals surface area contributed by atoms with Gasteiger partial charge in [0.15, 0.2) is 6.10 Å². The van der Waals surface area contributed by atoms with Gasteiger partial charge in [0.25, 0.3) is 0 Å². The average Bonchev–Trinajstić information content (AvgIpc) is 3.26. The van der Waals surface area contributed by atoms with Gasteiger partial charge in [-0.2, -0.15) is 0 Å². The van der Waals surface area contributed by atoms with Crippen molar-refractivity contribution < 1.29 is 28.6 Å². The van der Waals surface area contributed by atoms with Crippen molar-refractivity contribution >= 4 is 17.9 Å². The molecule has 0 spiro atoms. The third-order valence-electron chi connectivity index (χ3n) is 10.1. The van der Waals surface area contributed by atoms with Gasteiger partial charge in [-0.3, -0.25) is 14.4 Å². The van der Waals surface area contributed by atoms with Gasteiger partial charge in [0.2, 0.25) is 0 Å². The van der Waals surface area contributed by atoms with Crippen molar-refractivity contribution in [2.45, 2.75) is 219 Å². The van der Waals surface area contributed by atoms with E-state index in [9.17, 15) is 14.4 Å². The molecule has 6 nitrogen and oxygen atoms in total. The summed E-state index contributed by atoms with van der Waals surface area (Å²) in [7, 11) is 0. The fourth-order valence-electron chi connectivity index (χ4n) is 6.40. The highest BCUT2D eigenvalue weighted by molar-refractivity contribution is 5.71. The minimum Gasteiger partial charge on any atom is -0.462 e. The van der Waals surface area contributed by atoms with Crippen LogP contribution < -0.4 is 0 Å². The zero-order valence-corrected chi connectivity index (χ0v) is 39.4. The molecule has 0 saturated carbocycles. The largest absolute Gasteiger partial charge is 0.462 e. The van der Waals surface area contributed by atoms with Crippen LogP contribution in [0.25, 0.3) is 0 Å². The fourth-order valence-corrected chi connectivity index (χ4v) is 6.40. The highest BCUT2D eigenvalue weighted by atomic mass is 16.6. The van der Waals surface area contributed by atoms with E-state index in [-0.39, 0.29) is 37.5 Å². The van der Waals surface area contributed by atoms with E-state index in [0.29, 0.717) is 19.3 Å². The molecule has 0 bridgehead atoms. The quantitative estimate of drug-likeness (QED) is 0.0200. The molecular weight excluding hydrogens is 757 g/mol. The fraction of sp³-hybridized carbons (Fsp3) is 0.655. The molecule has 0 aromatic heterocycles. The van der Waals surface area contributed by atoms with Crippen LogP contribution in [0.5, 0.6) is 0 Å². The lowest BCUT2D eigenvalue weighted by Crippen LogP contribution is -2.30. The van der Waals surface area contributed by atoms with Gasteiger partial charge in [-0.15, -0.1) is 0 Å². The maximum absolute atomic E-state index is 12.8. The van der Waals surface area contributed by atoms with Crippen LogP contribution in [0.1, 0.15) is 213 Å². The Bertz CT molecular complexity index is 1250. The Labute approximate surface area is 375 Å². The molecule has 0 amide bonds. The van der Waals surface area contributed by atoms with Gasteiger partial charge in [0.05, 0.1) is 0 Å². The summed E-state index contributed by atoms with van der Waals surface area (Å²) in [5, 5.41) is 0. The zero-order chi connectivity index (χ0) is 44.4. The lowest BCUT2D eigenvalue weighted by Gasteiger charge is -2.18. The monoisotopic (exact) mass is 847 g/mol. The van der Waals surface area contributed by atoms with Crippen LogP contribution in [0.4, 0.5) is 0 Å². The molecule has 0 aromatic rings. The molecule has 0 rings (SSSR count). The van der Waals surface area contributed by atoms with Crippen LogP contribution in [0.15, 0.2) is 97.2 Å². The molecule has 0 saturated heterocycles. The van der Waals surface area contributed by atoms with Crippen LogP contribution in [0, 0.1) is 0 Å². The number of hydrogen-bond acceptors (Lipinski definition) is 6. The molecule has 1 unspecified atom stereocenters. The van der Waals surface area contributed by atoms with E-state index in [1.54, 1.807) is 0 Å². The number of carbonyl (C=O) groups excluding carboxylic acids is 3. The van der Waals surface area contributed by atoms with E-state index in [0.717, 1.165) is 89.9 Å². The molecular formula is C55H90O6. The Morgan fingerprint density at radius 1 is 0.361 bits per heavy atom. The second-order valence-electron chi connectivity index (χ2n) is 16.0. The Kier molecular flexibility index (Phi) is 46.0. The summed E-state index contributed by atoms with van der Waals surface area (Å²) in [4.78, 5) is 37.8. The molecule has 0 heterocycles. The summed E-state index contributed by atoms with van der Waals surface area (Å²) in [6.07, 6.45) is 64.0. The van der Waals surface area contributed by atoms with Crippen molar-refractivity contribution in [1.29, 1.82) is 0 Å². The van der Waals surface area contributed by atoms with Crippen molar-refractivity contribution in [2.75, 3.05) is 13.2 Å². The van der Waals surface area contributed by atoms with Crippen molar-refractivity contribution in [3.8, 4) is 0 Å². The van der Waals surface area contributed by atoms with E-state index < -0.39 is 6.10 Å². The molecule has 0 fully saturated rings. The van der Waals surface area contributed by atoms with Gasteiger partial charge in [0.1, 0.15) is 13.2 Å². The third kappa shape index (κ3) is 47.2. The number of hydrogen-bond donors (Lipinski definition) is 0. The van der Waals surface area contributed by atoms with Crippen molar-refractivity contribution in [2.24, 2.45) is 0 Å². The second-order valence-corrected chi connectivity index (χ2v) is 16.0. The van der Waals surface area contributed by atoms with E-state index in [1.165, 1.54) is 77.0 Å². The van der Waals surface area contributed by atoms with E-state index in [1.807, 2.05) is 12.2 Å². The van der Waals surface area contributed by atoms with Crippen LogP contribution >= 0.6 is 0 Å². The third-order valence-corrected chi connectivity index (χ3v) is 10.1. The lowest BCUT2D eigenvalue weighted by molar-refractivity contribution is -0.166. The van der Waals surface area contributed by atoms with Gasteiger partial charge in [-0.1, -0.05) is 208 Å². The summed E-state index contributed by atoms with van der Waals surface area (Å²) in [6.45, 7) is 6.38. The molecule has 61 heavy (non-hydrogen) atoms. The zero-order valence-electron chi connectivity index (χ0n) is 39.4. The summed E-state index contributed by atoms with van der Waals surface area (Å²) >= 11 is 0. The van der Waals surface area contributed by atoms with Crippen LogP contribution in [0.3, 0.4) is 0 Å². The molecule has 0 aliphatic heterocycles. The topological polar surface area (TPSA) is 78.9 Å². The second kappa shape index (κ2) is 49.0. The maximum atomic E-state index is 12.8. The van der Waals surface area contributed by atoms with Crippen molar-refractivity contribution in [3.63, 3.8) is 0 Å². The number of ether oxygens (including phenoxy) is 3. The Morgan fingerprint density at radius 2 is 0.721 bits per heavy atom. The molecule has 0 aliphatic rings. The summed E-state index contributed by atoms with van der Waals surface area (Å²) in [6, 6.07) is 0. The van der Waals surface area contributed by atoms with Gasteiger partial charge in [0, 0.05) is 19.3 Å². The van der Waals surface area contributed by atoms with Gasteiger partial charge in [-0.25, -0.2) is 0 Å². The molecule has 0 aliphatic carbocycles. The Balaban J connectivity index is 4.49. The first kappa shape index (κ1) is 57.3. The minimum atomic E-state index is -0.811. The summed E-state index contributed by atoms with van der Waals surface area (Å²) < 4.78 is 16.7. The predicted molar refractivity (Wildman–Crippen MR) is 260 cm³/mol.